The third-order valence-corrected chi connectivity index (χ3v) is 2.95. The summed E-state index contributed by atoms with van der Waals surface area (Å²) >= 11 is 0. The van der Waals surface area contributed by atoms with Gasteiger partial charge in [-0.2, -0.15) is 4.80 Å². The van der Waals surface area contributed by atoms with Crippen molar-refractivity contribution in [3.63, 3.8) is 0 Å². The molecule has 0 bridgehead atoms. The minimum atomic E-state index is -0.643. The molecule has 0 aliphatic carbocycles. The van der Waals surface area contributed by atoms with Crippen molar-refractivity contribution in [2.45, 2.75) is 24.9 Å². The second kappa shape index (κ2) is 3.86. The van der Waals surface area contributed by atoms with Crippen molar-refractivity contribution in [1.82, 2.24) is 25.1 Å². The second-order valence-electron chi connectivity index (χ2n) is 4.40. The molecule has 1 fully saturated rings. The SMILES string of the molecule is CN1CCC(O)(Cc2nnn(C)n2)CC1. The molecule has 1 aromatic heterocycles. The van der Waals surface area contributed by atoms with Crippen LogP contribution in [0.5, 0.6) is 0 Å². The highest BCUT2D eigenvalue weighted by molar-refractivity contribution is 4.94. The monoisotopic (exact) mass is 211 g/mol. The van der Waals surface area contributed by atoms with Crippen LogP contribution in [0.4, 0.5) is 0 Å². The minimum absolute atomic E-state index is 0.509. The summed E-state index contributed by atoms with van der Waals surface area (Å²) in [7, 11) is 3.80. The molecule has 0 atom stereocenters. The van der Waals surface area contributed by atoms with Crippen LogP contribution in [0.1, 0.15) is 18.7 Å². The Morgan fingerprint density at radius 1 is 1.33 bits per heavy atom. The Bertz CT molecular complexity index is 329. The van der Waals surface area contributed by atoms with Crippen LogP contribution >= 0.6 is 0 Å². The van der Waals surface area contributed by atoms with E-state index in [-0.39, 0.29) is 0 Å². The van der Waals surface area contributed by atoms with Crippen molar-refractivity contribution in [2.24, 2.45) is 7.05 Å². The number of nitrogens with zero attached hydrogens (tertiary/aromatic N) is 5. The number of tetrazole rings is 1. The highest BCUT2D eigenvalue weighted by atomic mass is 16.3. The van der Waals surface area contributed by atoms with Crippen LogP contribution in [-0.4, -0.2) is 56.0 Å². The van der Waals surface area contributed by atoms with E-state index in [1.165, 1.54) is 4.80 Å². The fraction of sp³-hybridized carbons (Fsp3) is 0.889. The van der Waals surface area contributed by atoms with Crippen LogP contribution < -0.4 is 0 Å². The molecule has 15 heavy (non-hydrogen) atoms. The number of hydrogen-bond acceptors (Lipinski definition) is 5. The van der Waals surface area contributed by atoms with Crippen LogP contribution in [0.3, 0.4) is 0 Å². The summed E-state index contributed by atoms with van der Waals surface area (Å²) in [6, 6.07) is 0. The van der Waals surface area contributed by atoms with Crippen molar-refractivity contribution < 1.29 is 5.11 Å². The lowest BCUT2D eigenvalue weighted by Gasteiger charge is -2.35. The molecule has 2 heterocycles. The molecular weight excluding hydrogens is 194 g/mol. The molecule has 6 heteroatoms. The number of rotatable bonds is 2. The van der Waals surface area contributed by atoms with Crippen LogP contribution in [0.25, 0.3) is 0 Å². The Labute approximate surface area is 88.9 Å². The molecule has 1 aliphatic heterocycles. The zero-order valence-electron chi connectivity index (χ0n) is 9.22. The van der Waals surface area contributed by atoms with E-state index in [2.05, 4.69) is 27.4 Å². The number of hydrogen-bond donors (Lipinski definition) is 1. The zero-order valence-corrected chi connectivity index (χ0v) is 9.22. The van der Waals surface area contributed by atoms with E-state index in [9.17, 15) is 5.11 Å². The molecule has 2 rings (SSSR count). The molecule has 1 saturated heterocycles. The largest absolute Gasteiger partial charge is 0.389 e. The van der Waals surface area contributed by atoms with Gasteiger partial charge in [0, 0.05) is 19.5 Å². The van der Waals surface area contributed by atoms with Gasteiger partial charge in [-0.05, 0) is 25.1 Å². The van der Waals surface area contributed by atoms with Gasteiger partial charge in [-0.3, -0.25) is 0 Å². The van der Waals surface area contributed by atoms with Crippen LogP contribution in [0.2, 0.25) is 0 Å². The first-order valence-corrected chi connectivity index (χ1v) is 5.21. The molecule has 84 valence electrons. The highest BCUT2D eigenvalue weighted by Crippen LogP contribution is 2.24. The number of aliphatic hydroxyl groups is 1. The molecule has 1 aliphatic rings. The summed E-state index contributed by atoms with van der Waals surface area (Å²) in [6.07, 6.45) is 2.07. The number of aryl methyl sites for hydroxylation is 1. The summed E-state index contributed by atoms with van der Waals surface area (Å²) in [5.41, 5.74) is -0.643. The van der Waals surface area contributed by atoms with E-state index in [0.29, 0.717) is 12.2 Å². The predicted molar refractivity (Wildman–Crippen MR) is 54.2 cm³/mol. The molecule has 6 nitrogen and oxygen atoms in total. The lowest BCUT2D eigenvalue weighted by molar-refractivity contribution is -0.0165. The van der Waals surface area contributed by atoms with E-state index < -0.39 is 5.60 Å². The summed E-state index contributed by atoms with van der Waals surface area (Å²) in [4.78, 5) is 3.65. The van der Waals surface area contributed by atoms with E-state index in [0.717, 1.165) is 25.9 Å². The van der Waals surface area contributed by atoms with E-state index in [1.807, 2.05) is 0 Å². The van der Waals surface area contributed by atoms with E-state index in [1.54, 1.807) is 7.05 Å². The Balaban J connectivity index is 1.99. The van der Waals surface area contributed by atoms with Gasteiger partial charge in [0.2, 0.25) is 0 Å². The molecule has 0 saturated carbocycles. The Morgan fingerprint density at radius 2 is 2.00 bits per heavy atom. The Kier molecular flexibility index (Phi) is 2.70. The standard InChI is InChI=1S/C9H17N5O/c1-13-5-3-9(15,4-6-13)7-8-10-12-14(2)11-8/h15H,3-7H2,1-2H3. The quantitative estimate of drug-likeness (QED) is 0.694. The van der Waals surface area contributed by atoms with Crippen molar-refractivity contribution in [2.75, 3.05) is 20.1 Å². The maximum atomic E-state index is 10.3. The number of aromatic nitrogens is 4. The molecule has 1 aromatic rings. The number of likely N-dealkylation sites (tertiary alicyclic amines) is 1. The maximum absolute atomic E-state index is 10.3. The zero-order chi connectivity index (χ0) is 10.9. The highest BCUT2D eigenvalue weighted by Gasteiger charge is 2.32. The summed E-state index contributed by atoms with van der Waals surface area (Å²) in [5, 5.41) is 22.1. The van der Waals surface area contributed by atoms with Gasteiger partial charge in [0.1, 0.15) is 0 Å². The molecule has 0 spiro atoms. The van der Waals surface area contributed by atoms with Crippen LogP contribution in [0.15, 0.2) is 0 Å². The molecule has 0 unspecified atom stereocenters. The second-order valence-corrected chi connectivity index (χ2v) is 4.40. The number of piperidine rings is 1. The van der Waals surface area contributed by atoms with Gasteiger partial charge < -0.3 is 10.0 Å². The lowest BCUT2D eigenvalue weighted by Crippen LogP contribution is -2.44. The average Bonchev–Trinajstić information content (AvgIpc) is 2.57. The van der Waals surface area contributed by atoms with Crippen molar-refractivity contribution in [3.8, 4) is 0 Å². The third kappa shape index (κ3) is 2.51. The van der Waals surface area contributed by atoms with Crippen molar-refractivity contribution >= 4 is 0 Å². The first kappa shape index (κ1) is 10.5. The summed E-state index contributed by atoms with van der Waals surface area (Å²) in [6.45, 7) is 1.85. The fourth-order valence-corrected chi connectivity index (χ4v) is 1.90. The fourth-order valence-electron chi connectivity index (χ4n) is 1.90. The molecular formula is C9H17N5O. The Hall–Kier alpha value is -1.01. The minimum Gasteiger partial charge on any atom is -0.389 e. The molecule has 0 radical (unpaired) electrons. The Morgan fingerprint density at radius 3 is 2.53 bits per heavy atom. The van der Waals surface area contributed by atoms with Crippen molar-refractivity contribution in [3.05, 3.63) is 5.82 Å². The normalized spacial score (nSPS) is 21.8. The van der Waals surface area contributed by atoms with Gasteiger partial charge >= 0.3 is 0 Å². The van der Waals surface area contributed by atoms with Crippen molar-refractivity contribution in [1.29, 1.82) is 0 Å². The smallest absolute Gasteiger partial charge is 0.177 e. The predicted octanol–water partition coefficient (Wildman–Crippen LogP) is -0.791. The van der Waals surface area contributed by atoms with Crippen LogP contribution in [0, 0.1) is 0 Å². The first-order valence-electron chi connectivity index (χ1n) is 5.21. The van der Waals surface area contributed by atoms with Gasteiger partial charge in [-0.15, -0.1) is 10.2 Å². The van der Waals surface area contributed by atoms with Gasteiger partial charge in [0.25, 0.3) is 0 Å². The van der Waals surface area contributed by atoms with Crippen LogP contribution in [-0.2, 0) is 13.5 Å². The lowest BCUT2D eigenvalue weighted by atomic mass is 9.88. The summed E-state index contributed by atoms with van der Waals surface area (Å²) in [5.74, 6) is 0.629. The van der Waals surface area contributed by atoms with Gasteiger partial charge in [-0.25, -0.2) is 0 Å². The molecule has 1 N–H and O–H groups in total. The summed E-state index contributed by atoms with van der Waals surface area (Å²) < 4.78 is 0. The molecule has 0 amide bonds. The van der Waals surface area contributed by atoms with E-state index in [4.69, 9.17) is 0 Å². The van der Waals surface area contributed by atoms with E-state index >= 15 is 0 Å². The first-order chi connectivity index (χ1) is 7.07. The average molecular weight is 211 g/mol. The topological polar surface area (TPSA) is 67.1 Å². The van der Waals surface area contributed by atoms with Gasteiger partial charge in [0.05, 0.1) is 12.6 Å². The van der Waals surface area contributed by atoms with Gasteiger partial charge in [-0.1, -0.05) is 0 Å². The molecule has 0 aromatic carbocycles. The maximum Gasteiger partial charge on any atom is 0.177 e. The third-order valence-electron chi connectivity index (χ3n) is 2.95. The van der Waals surface area contributed by atoms with Gasteiger partial charge in [0.15, 0.2) is 5.82 Å².